The topological polar surface area (TPSA) is 26.3 Å². The number of carbonyl (C=O) groups is 1. The first-order chi connectivity index (χ1) is 9.83. The van der Waals surface area contributed by atoms with E-state index in [-0.39, 0.29) is 12.1 Å². The molecule has 0 aliphatic carbocycles. The number of unbranched alkanes of at least 4 members (excludes halogenated alkanes) is 10. The van der Waals surface area contributed by atoms with Gasteiger partial charge in [-0.3, -0.25) is 4.79 Å². The lowest BCUT2D eigenvalue weighted by molar-refractivity contribution is -0.154. The van der Waals surface area contributed by atoms with E-state index in [1.165, 1.54) is 70.6 Å². The second kappa shape index (κ2) is 12.2. The number of hydrogen-bond donors (Lipinski definition) is 0. The molecule has 0 aromatic carbocycles. The second-order valence-electron chi connectivity index (χ2n) is 6.33. The van der Waals surface area contributed by atoms with Crippen LogP contribution < -0.4 is 0 Å². The zero-order valence-electron chi connectivity index (χ0n) is 13.5. The van der Waals surface area contributed by atoms with Crippen molar-refractivity contribution in [2.75, 3.05) is 0 Å². The first kappa shape index (κ1) is 17.5. The molecule has 2 heteroatoms. The van der Waals surface area contributed by atoms with E-state index in [1.54, 1.807) is 0 Å². The van der Waals surface area contributed by atoms with Gasteiger partial charge < -0.3 is 4.74 Å². The minimum atomic E-state index is 0.0179. The highest BCUT2D eigenvalue weighted by Gasteiger charge is 2.19. The molecule has 1 aliphatic heterocycles. The molecule has 118 valence electrons. The van der Waals surface area contributed by atoms with Crippen LogP contribution in [0.1, 0.15) is 103 Å². The molecule has 1 heterocycles. The predicted octanol–water partition coefficient (Wildman–Crippen LogP) is 5.78. The lowest BCUT2D eigenvalue weighted by Crippen LogP contribution is -2.23. The van der Waals surface area contributed by atoms with Crippen LogP contribution in [0.4, 0.5) is 0 Å². The van der Waals surface area contributed by atoms with E-state index in [1.807, 2.05) is 0 Å². The van der Waals surface area contributed by atoms with E-state index >= 15 is 0 Å². The van der Waals surface area contributed by atoms with Crippen molar-refractivity contribution in [3.8, 4) is 0 Å². The minimum Gasteiger partial charge on any atom is -0.462 e. The van der Waals surface area contributed by atoms with E-state index in [9.17, 15) is 4.79 Å². The fourth-order valence-corrected chi connectivity index (χ4v) is 3.02. The van der Waals surface area contributed by atoms with Gasteiger partial charge in [-0.1, -0.05) is 71.1 Å². The Hall–Kier alpha value is -0.530. The third kappa shape index (κ3) is 9.39. The fraction of sp³-hybridized carbons (Fsp3) is 0.944. The SMILES string of the molecule is CCCCCCCCCCCCCC1CCCC(=O)O1. The Morgan fingerprint density at radius 2 is 1.45 bits per heavy atom. The highest BCUT2D eigenvalue weighted by molar-refractivity contribution is 5.70. The summed E-state index contributed by atoms with van der Waals surface area (Å²) in [6.45, 7) is 2.27. The molecule has 1 aliphatic rings. The van der Waals surface area contributed by atoms with Crippen LogP contribution in [0.25, 0.3) is 0 Å². The van der Waals surface area contributed by atoms with Crippen molar-refractivity contribution >= 4 is 5.97 Å². The number of carbonyl (C=O) groups excluding carboxylic acids is 1. The molecule has 0 N–H and O–H groups in total. The van der Waals surface area contributed by atoms with Crippen LogP contribution in [0, 0.1) is 0 Å². The van der Waals surface area contributed by atoms with Crippen LogP contribution >= 0.6 is 0 Å². The monoisotopic (exact) mass is 282 g/mol. The van der Waals surface area contributed by atoms with Gasteiger partial charge in [0.2, 0.25) is 0 Å². The van der Waals surface area contributed by atoms with Crippen LogP contribution in [0.5, 0.6) is 0 Å². The predicted molar refractivity (Wildman–Crippen MR) is 84.8 cm³/mol. The van der Waals surface area contributed by atoms with Gasteiger partial charge in [0.25, 0.3) is 0 Å². The Labute approximate surface area is 125 Å². The van der Waals surface area contributed by atoms with Crippen LogP contribution in [0.15, 0.2) is 0 Å². The van der Waals surface area contributed by atoms with Gasteiger partial charge in [-0.15, -0.1) is 0 Å². The Morgan fingerprint density at radius 1 is 0.900 bits per heavy atom. The van der Waals surface area contributed by atoms with Crippen LogP contribution in [-0.2, 0) is 9.53 Å². The maximum absolute atomic E-state index is 11.2. The first-order valence-corrected chi connectivity index (χ1v) is 9.02. The molecule has 1 unspecified atom stereocenters. The van der Waals surface area contributed by atoms with Crippen molar-refractivity contribution in [3.05, 3.63) is 0 Å². The maximum atomic E-state index is 11.2. The molecule has 0 spiro atoms. The molecule has 20 heavy (non-hydrogen) atoms. The summed E-state index contributed by atoms with van der Waals surface area (Å²) in [7, 11) is 0. The molecule has 0 radical (unpaired) electrons. The van der Waals surface area contributed by atoms with Crippen LogP contribution in [0.2, 0.25) is 0 Å². The van der Waals surface area contributed by atoms with E-state index in [0.717, 1.165) is 19.3 Å². The molecule has 0 amide bonds. The molecule has 0 aromatic rings. The summed E-state index contributed by atoms with van der Waals surface area (Å²) in [4.78, 5) is 11.2. The zero-order valence-corrected chi connectivity index (χ0v) is 13.5. The summed E-state index contributed by atoms with van der Waals surface area (Å²) in [5, 5.41) is 0. The lowest BCUT2D eigenvalue weighted by Gasteiger charge is -2.21. The van der Waals surface area contributed by atoms with Gasteiger partial charge in [0.1, 0.15) is 6.10 Å². The van der Waals surface area contributed by atoms with Crippen molar-refractivity contribution in [1.29, 1.82) is 0 Å². The van der Waals surface area contributed by atoms with Gasteiger partial charge >= 0.3 is 5.97 Å². The summed E-state index contributed by atoms with van der Waals surface area (Å²) in [5.41, 5.74) is 0. The first-order valence-electron chi connectivity index (χ1n) is 9.02. The summed E-state index contributed by atoms with van der Waals surface area (Å²) < 4.78 is 5.34. The van der Waals surface area contributed by atoms with E-state index in [2.05, 4.69) is 6.92 Å². The molecule has 0 bridgehead atoms. The molecule has 0 aromatic heterocycles. The molecule has 1 rings (SSSR count). The molecular formula is C18H34O2. The van der Waals surface area contributed by atoms with Crippen molar-refractivity contribution < 1.29 is 9.53 Å². The third-order valence-corrected chi connectivity index (χ3v) is 4.33. The number of esters is 1. The molecule has 1 fully saturated rings. The van der Waals surface area contributed by atoms with Crippen molar-refractivity contribution in [2.24, 2.45) is 0 Å². The Bertz CT molecular complexity index is 238. The van der Waals surface area contributed by atoms with Crippen LogP contribution in [0.3, 0.4) is 0 Å². The van der Waals surface area contributed by atoms with Gasteiger partial charge in [-0.25, -0.2) is 0 Å². The van der Waals surface area contributed by atoms with E-state index in [0.29, 0.717) is 6.42 Å². The smallest absolute Gasteiger partial charge is 0.306 e. The van der Waals surface area contributed by atoms with Crippen LogP contribution in [-0.4, -0.2) is 12.1 Å². The largest absolute Gasteiger partial charge is 0.462 e. The molecule has 0 saturated carbocycles. The number of ether oxygens (including phenoxy) is 1. The standard InChI is InChI=1S/C18H34O2/c1-2-3-4-5-6-7-8-9-10-11-12-14-17-15-13-16-18(19)20-17/h17H,2-16H2,1H3. The summed E-state index contributed by atoms with van der Waals surface area (Å²) >= 11 is 0. The van der Waals surface area contributed by atoms with Gasteiger partial charge in [0.05, 0.1) is 0 Å². The summed E-state index contributed by atoms with van der Waals surface area (Å²) in [6, 6.07) is 0. The molecule has 1 saturated heterocycles. The quantitative estimate of drug-likeness (QED) is 0.335. The van der Waals surface area contributed by atoms with Crippen molar-refractivity contribution in [2.45, 2.75) is 109 Å². The zero-order chi connectivity index (χ0) is 14.5. The Morgan fingerprint density at radius 3 is 2.00 bits per heavy atom. The highest BCUT2D eigenvalue weighted by Crippen LogP contribution is 2.20. The average Bonchev–Trinajstić information content (AvgIpc) is 2.45. The number of hydrogen-bond acceptors (Lipinski definition) is 2. The summed E-state index contributed by atoms with van der Waals surface area (Å²) in [5.74, 6) is 0.0179. The molecular weight excluding hydrogens is 248 g/mol. The Balaban J connectivity index is 1.77. The van der Waals surface area contributed by atoms with Gasteiger partial charge in [0, 0.05) is 6.42 Å². The number of rotatable bonds is 12. The fourth-order valence-electron chi connectivity index (χ4n) is 3.02. The van der Waals surface area contributed by atoms with Gasteiger partial charge in [-0.05, 0) is 25.7 Å². The highest BCUT2D eigenvalue weighted by atomic mass is 16.5. The normalized spacial score (nSPS) is 19.1. The molecule has 1 atom stereocenters. The van der Waals surface area contributed by atoms with Crippen molar-refractivity contribution in [1.82, 2.24) is 0 Å². The van der Waals surface area contributed by atoms with E-state index < -0.39 is 0 Å². The van der Waals surface area contributed by atoms with Crippen molar-refractivity contribution in [3.63, 3.8) is 0 Å². The van der Waals surface area contributed by atoms with Gasteiger partial charge in [0.15, 0.2) is 0 Å². The van der Waals surface area contributed by atoms with Gasteiger partial charge in [-0.2, -0.15) is 0 Å². The number of cyclic esters (lactones) is 1. The average molecular weight is 282 g/mol. The lowest BCUT2D eigenvalue weighted by atomic mass is 10.0. The van der Waals surface area contributed by atoms with E-state index in [4.69, 9.17) is 4.74 Å². The second-order valence-corrected chi connectivity index (χ2v) is 6.33. The molecule has 2 nitrogen and oxygen atoms in total. The third-order valence-electron chi connectivity index (χ3n) is 4.33. The summed E-state index contributed by atoms with van der Waals surface area (Å²) in [6.07, 6.45) is 19.2. The maximum Gasteiger partial charge on any atom is 0.306 e. The Kier molecular flexibility index (Phi) is 10.7. The minimum absolute atomic E-state index is 0.0179.